The molecule has 0 atom stereocenters. The van der Waals surface area contributed by atoms with Crippen molar-refractivity contribution in [3.63, 3.8) is 0 Å². The van der Waals surface area contributed by atoms with Crippen molar-refractivity contribution in [2.45, 2.75) is 4.21 Å². The fourth-order valence-electron chi connectivity index (χ4n) is 1.85. The van der Waals surface area contributed by atoms with Crippen LogP contribution in [0.3, 0.4) is 0 Å². The molecule has 0 aliphatic rings. The molecule has 3 rings (SSSR count). The van der Waals surface area contributed by atoms with Crippen molar-refractivity contribution in [2.24, 2.45) is 0 Å². The second-order valence-corrected chi connectivity index (χ2v) is 7.69. The maximum Gasteiger partial charge on any atom is 0.271 e. The van der Waals surface area contributed by atoms with Gasteiger partial charge in [-0.3, -0.25) is 9.71 Å². The highest BCUT2D eigenvalue weighted by molar-refractivity contribution is 7.94. The van der Waals surface area contributed by atoms with Crippen molar-refractivity contribution in [3.8, 4) is 0 Å². The lowest BCUT2D eigenvalue weighted by Crippen LogP contribution is -2.11. The molecular formula is C13H9ClN2O2S2. The second-order valence-electron chi connectivity index (χ2n) is 4.07. The highest BCUT2D eigenvalue weighted by atomic mass is 35.5. The van der Waals surface area contributed by atoms with Crippen molar-refractivity contribution < 1.29 is 8.42 Å². The third-order valence-corrected chi connectivity index (χ3v) is 5.83. The zero-order valence-electron chi connectivity index (χ0n) is 10.1. The molecule has 0 radical (unpaired) electrons. The molecule has 0 aliphatic heterocycles. The van der Waals surface area contributed by atoms with Crippen LogP contribution in [-0.4, -0.2) is 13.4 Å². The van der Waals surface area contributed by atoms with E-state index in [0.29, 0.717) is 10.0 Å². The van der Waals surface area contributed by atoms with Gasteiger partial charge in [-0.1, -0.05) is 23.7 Å². The summed E-state index contributed by atoms with van der Waals surface area (Å²) in [6.07, 6.45) is 3.32. The van der Waals surface area contributed by atoms with Crippen LogP contribution in [0.2, 0.25) is 4.34 Å². The number of hydrogen-bond acceptors (Lipinski definition) is 4. The predicted molar refractivity (Wildman–Crippen MR) is 81.9 cm³/mol. The molecule has 0 aliphatic carbocycles. The monoisotopic (exact) mass is 324 g/mol. The molecule has 7 heteroatoms. The molecule has 102 valence electrons. The molecule has 4 nitrogen and oxygen atoms in total. The Morgan fingerprint density at radius 3 is 2.75 bits per heavy atom. The molecule has 0 amide bonds. The fourth-order valence-corrected chi connectivity index (χ4v) is 4.41. The van der Waals surface area contributed by atoms with Gasteiger partial charge in [0.2, 0.25) is 0 Å². The van der Waals surface area contributed by atoms with Crippen molar-refractivity contribution >= 4 is 49.4 Å². The molecule has 2 heterocycles. The van der Waals surface area contributed by atoms with Gasteiger partial charge in [0.25, 0.3) is 10.0 Å². The Hall–Kier alpha value is -1.63. The van der Waals surface area contributed by atoms with Gasteiger partial charge < -0.3 is 0 Å². The van der Waals surface area contributed by atoms with Crippen molar-refractivity contribution in [1.29, 1.82) is 0 Å². The number of hydrogen-bond donors (Lipinski definition) is 1. The van der Waals surface area contributed by atoms with Gasteiger partial charge in [0, 0.05) is 23.2 Å². The lowest BCUT2D eigenvalue weighted by molar-refractivity contribution is 0.603. The van der Waals surface area contributed by atoms with E-state index in [9.17, 15) is 8.42 Å². The second kappa shape index (κ2) is 5.05. The van der Waals surface area contributed by atoms with E-state index in [1.807, 2.05) is 6.07 Å². The van der Waals surface area contributed by atoms with Gasteiger partial charge in [0.1, 0.15) is 4.21 Å². The standard InChI is InChI=1S/C13H9ClN2O2S2/c14-12-4-5-13(19-12)20(17,18)16-11-3-1-2-9-8-15-7-6-10(9)11/h1-8,16H. The number of anilines is 1. The number of sulfonamides is 1. The number of nitrogens with zero attached hydrogens (tertiary/aromatic N) is 1. The van der Waals surface area contributed by atoms with Crippen LogP contribution in [0.25, 0.3) is 10.8 Å². The molecule has 1 N–H and O–H groups in total. The van der Waals surface area contributed by atoms with E-state index in [1.165, 1.54) is 6.07 Å². The SMILES string of the molecule is O=S(=O)(Nc1cccc2cnccc12)c1ccc(Cl)s1. The maximum absolute atomic E-state index is 12.3. The van der Waals surface area contributed by atoms with Gasteiger partial charge in [0.05, 0.1) is 10.0 Å². The summed E-state index contributed by atoms with van der Waals surface area (Å²) in [7, 11) is -3.62. The molecule has 20 heavy (non-hydrogen) atoms. The summed E-state index contributed by atoms with van der Waals surface area (Å²) < 4.78 is 27.8. The van der Waals surface area contributed by atoms with Crippen LogP contribution in [0.5, 0.6) is 0 Å². The molecule has 2 aromatic heterocycles. The van der Waals surface area contributed by atoms with E-state index in [-0.39, 0.29) is 4.21 Å². The van der Waals surface area contributed by atoms with Gasteiger partial charge in [0.15, 0.2) is 0 Å². The third-order valence-electron chi connectivity index (χ3n) is 2.74. The minimum absolute atomic E-state index is 0.188. The number of nitrogens with one attached hydrogen (secondary N) is 1. The molecular weight excluding hydrogens is 316 g/mol. The number of fused-ring (bicyclic) bond motifs is 1. The minimum atomic E-state index is -3.62. The summed E-state index contributed by atoms with van der Waals surface area (Å²) in [6.45, 7) is 0. The third kappa shape index (κ3) is 2.49. The number of benzene rings is 1. The first-order valence-electron chi connectivity index (χ1n) is 5.67. The number of aromatic nitrogens is 1. The van der Waals surface area contributed by atoms with E-state index in [0.717, 1.165) is 22.1 Å². The first-order valence-corrected chi connectivity index (χ1v) is 8.35. The average molecular weight is 325 g/mol. The van der Waals surface area contributed by atoms with Crippen LogP contribution >= 0.6 is 22.9 Å². The van der Waals surface area contributed by atoms with E-state index in [1.54, 1.807) is 36.7 Å². The Kier molecular flexibility index (Phi) is 3.37. The Labute approximate surface area is 125 Å². The molecule has 0 saturated heterocycles. The van der Waals surface area contributed by atoms with Crippen molar-refractivity contribution in [2.75, 3.05) is 4.72 Å². The summed E-state index contributed by atoms with van der Waals surface area (Å²) in [5.41, 5.74) is 0.523. The Morgan fingerprint density at radius 1 is 1.15 bits per heavy atom. The lowest BCUT2D eigenvalue weighted by Gasteiger charge is -2.09. The molecule has 0 spiro atoms. The average Bonchev–Trinajstić information content (AvgIpc) is 2.86. The Balaban J connectivity index is 2.05. The van der Waals surface area contributed by atoms with Crippen LogP contribution in [-0.2, 0) is 10.0 Å². The Bertz CT molecular complexity index is 869. The maximum atomic E-state index is 12.3. The van der Waals surface area contributed by atoms with Crippen LogP contribution in [0.1, 0.15) is 0 Å². The van der Waals surface area contributed by atoms with E-state index in [4.69, 9.17) is 11.6 Å². The van der Waals surface area contributed by atoms with Crippen LogP contribution in [0.15, 0.2) is 53.0 Å². The van der Waals surface area contributed by atoms with Crippen molar-refractivity contribution in [3.05, 3.63) is 53.1 Å². The van der Waals surface area contributed by atoms with Gasteiger partial charge in [-0.2, -0.15) is 0 Å². The molecule has 3 aromatic rings. The smallest absolute Gasteiger partial charge is 0.271 e. The number of thiophene rings is 1. The number of pyridine rings is 1. The summed E-state index contributed by atoms with van der Waals surface area (Å²) in [5, 5.41) is 1.67. The topological polar surface area (TPSA) is 59.1 Å². The van der Waals surface area contributed by atoms with Gasteiger partial charge in [-0.15, -0.1) is 11.3 Å². The first kappa shape index (κ1) is 13.4. The summed E-state index contributed by atoms with van der Waals surface area (Å²) in [4.78, 5) is 4.02. The molecule has 0 saturated carbocycles. The van der Waals surface area contributed by atoms with E-state index >= 15 is 0 Å². The molecule has 0 fully saturated rings. The highest BCUT2D eigenvalue weighted by Crippen LogP contribution is 2.29. The summed E-state index contributed by atoms with van der Waals surface area (Å²) in [6, 6.07) is 10.2. The predicted octanol–water partition coefficient (Wildman–Crippen LogP) is 3.75. The summed E-state index contributed by atoms with van der Waals surface area (Å²) >= 11 is 6.80. The first-order chi connectivity index (χ1) is 9.56. The van der Waals surface area contributed by atoms with Gasteiger partial charge in [-0.25, -0.2) is 8.42 Å². The molecule has 0 bridgehead atoms. The van der Waals surface area contributed by atoms with Crippen LogP contribution in [0, 0.1) is 0 Å². The minimum Gasteiger partial charge on any atom is -0.278 e. The quantitative estimate of drug-likeness (QED) is 0.798. The molecule has 0 unspecified atom stereocenters. The van der Waals surface area contributed by atoms with Gasteiger partial charge in [-0.05, 0) is 24.3 Å². The Morgan fingerprint density at radius 2 is 2.00 bits per heavy atom. The normalized spacial score (nSPS) is 11.7. The zero-order valence-corrected chi connectivity index (χ0v) is 12.5. The molecule has 1 aromatic carbocycles. The highest BCUT2D eigenvalue weighted by Gasteiger charge is 2.17. The van der Waals surface area contributed by atoms with Crippen molar-refractivity contribution in [1.82, 2.24) is 4.98 Å². The van der Waals surface area contributed by atoms with Crippen LogP contribution < -0.4 is 4.72 Å². The fraction of sp³-hybridized carbons (Fsp3) is 0. The van der Waals surface area contributed by atoms with E-state index < -0.39 is 10.0 Å². The number of halogens is 1. The van der Waals surface area contributed by atoms with Gasteiger partial charge >= 0.3 is 0 Å². The lowest BCUT2D eigenvalue weighted by atomic mass is 10.1. The number of rotatable bonds is 3. The zero-order chi connectivity index (χ0) is 14.2. The van der Waals surface area contributed by atoms with E-state index in [2.05, 4.69) is 9.71 Å². The summed E-state index contributed by atoms with van der Waals surface area (Å²) in [5.74, 6) is 0. The van der Waals surface area contributed by atoms with Crippen LogP contribution in [0.4, 0.5) is 5.69 Å². The largest absolute Gasteiger partial charge is 0.278 e.